The summed E-state index contributed by atoms with van der Waals surface area (Å²) in [6.45, 7) is 0. The zero-order valence-corrected chi connectivity index (χ0v) is 59.4. The molecule has 2 aliphatic rings. The summed E-state index contributed by atoms with van der Waals surface area (Å²) >= 11 is 3.76. The van der Waals surface area contributed by atoms with Crippen molar-refractivity contribution in [3.8, 4) is 124 Å². The van der Waals surface area contributed by atoms with Crippen LogP contribution in [0.1, 0.15) is 0 Å². The zero-order chi connectivity index (χ0) is 70.7. The van der Waals surface area contributed by atoms with Gasteiger partial charge in [0.05, 0.1) is 22.1 Å². The molecule has 500 valence electrons. The molecule has 0 amide bonds. The average molecular weight is 1410 g/mol. The van der Waals surface area contributed by atoms with E-state index in [0.29, 0.717) is 34.9 Å². The Kier molecular flexibility index (Phi) is 13.3. The van der Waals surface area contributed by atoms with E-state index in [2.05, 4.69) is 228 Å². The molecule has 0 N–H and O–H groups in total. The van der Waals surface area contributed by atoms with Crippen molar-refractivity contribution in [2.75, 3.05) is 0 Å². The van der Waals surface area contributed by atoms with Crippen molar-refractivity contribution in [3.63, 3.8) is 0 Å². The lowest BCUT2D eigenvalue weighted by atomic mass is 9.92. The zero-order valence-electron chi connectivity index (χ0n) is 57.7. The molecule has 2 aliphatic carbocycles. The maximum absolute atomic E-state index is 5.06. The molecule has 22 aromatic rings. The fourth-order valence-corrected chi connectivity index (χ4v) is 19.4. The molecular formula is C98H56N8S2. The SMILES string of the molecule is c1ccc(-c2nc(-c3ccccc3)nc(-c3ccc(-n4c5cccc6c5c5c7c(cccc7ccc54)-c4cc5c(cc4-6)sc4ccccc45)cc3)n2)cc1.c1ccc(-c2nc(-c3ccccc3)nc(-c3cccc(-n4c5cccc6c5c5c7c(cccc7ccc54)-c4cc5c(cc4-6)sc4ccccc45)c3)n2)cc1. The molecule has 8 nitrogen and oxygen atoms in total. The van der Waals surface area contributed by atoms with Crippen LogP contribution in [0.3, 0.4) is 0 Å². The highest BCUT2D eigenvalue weighted by atomic mass is 32.1. The number of rotatable bonds is 8. The maximum atomic E-state index is 5.06. The van der Waals surface area contributed by atoms with Crippen molar-refractivity contribution in [1.82, 2.24) is 39.0 Å². The van der Waals surface area contributed by atoms with E-state index in [1.807, 2.05) is 144 Å². The van der Waals surface area contributed by atoms with Gasteiger partial charge in [0.25, 0.3) is 0 Å². The highest BCUT2D eigenvalue weighted by molar-refractivity contribution is 7.26. The number of fused-ring (bicyclic) bond motifs is 12. The van der Waals surface area contributed by atoms with E-state index in [1.165, 1.54) is 150 Å². The first-order chi connectivity index (χ1) is 53.5. The van der Waals surface area contributed by atoms with E-state index in [-0.39, 0.29) is 0 Å². The van der Waals surface area contributed by atoms with Gasteiger partial charge < -0.3 is 9.13 Å². The molecule has 0 radical (unpaired) electrons. The van der Waals surface area contributed by atoms with Gasteiger partial charge in [-0.1, -0.05) is 243 Å². The smallest absolute Gasteiger partial charge is 0.164 e. The Morgan fingerprint density at radius 2 is 0.519 bits per heavy atom. The molecule has 10 heteroatoms. The second-order valence-corrected chi connectivity index (χ2v) is 30.1. The minimum atomic E-state index is 0.640. The molecule has 24 rings (SSSR count). The minimum Gasteiger partial charge on any atom is -0.309 e. The summed E-state index contributed by atoms with van der Waals surface area (Å²) in [5.74, 6) is 3.90. The number of aromatic nitrogens is 8. The summed E-state index contributed by atoms with van der Waals surface area (Å²) in [7, 11) is 0. The molecule has 6 aromatic heterocycles. The quantitative estimate of drug-likeness (QED) is 0.151. The standard InChI is InChI=1S/2C49H28N4S/c1-3-12-30(13-4-1)47-50-48(31-14-5-2-6-15-31)52-49(51-47)32-17-9-18-33(26-32)53-40-22-11-21-36-38-28-43-39(34-19-7-8-23-42(34)54-43)27-37(38)35-20-10-16-29-24-25-41(53)46(44(29)35)45(36)40;1-3-11-30(12-4-1)47-50-48(31-13-5-2-6-14-31)52-49(51-47)32-21-24-33(25-22-32)53-40-19-10-18-36-38-28-43-39(34-16-7-8-20-42(34)54-43)27-37(38)35-17-9-15-29-23-26-41(53)46(44(29)35)45(36)40/h2*1-28H. The lowest BCUT2D eigenvalue weighted by Gasteiger charge is -2.15. The molecule has 16 aromatic carbocycles. The van der Waals surface area contributed by atoms with Gasteiger partial charge >= 0.3 is 0 Å². The van der Waals surface area contributed by atoms with Gasteiger partial charge in [0, 0.05) is 107 Å². The van der Waals surface area contributed by atoms with E-state index < -0.39 is 0 Å². The second-order valence-electron chi connectivity index (χ2n) is 28.0. The maximum Gasteiger partial charge on any atom is 0.164 e. The van der Waals surface area contributed by atoms with Gasteiger partial charge in [-0.15, -0.1) is 22.7 Å². The summed E-state index contributed by atoms with van der Waals surface area (Å²) in [6.07, 6.45) is 0. The van der Waals surface area contributed by atoms with Crippen molar-refractivity contribution >= 4 is 128 Å². The summed E-state index contributed by atoms with van der Waals surface area (Å²) in [5.41, 5.74) is 22.9. The van der Waals surface area contributed by atoms with Crippen LogP contribution in [0, 0.1) is 0 Å². The lowest BCUT2D eigenvalue weighted by molar-refractivity contribution is 1.07. The van der Waals surface area contributed by atoms with Gasteiger partial charge in [-0.25, -0.2) is 29.9 Å². The largest absolute Gasteiger partial charge is 0.309 e. The highest BCUT2D eigenvalue weighted by Gasteiger charge is 2.29. The molecule has 6 heterocycles. The summed E-state index contributed by atoms with van der Waals surface area (Å²) in [5, 5.41) is 15.6. The first-order valence-corrected chi connectivity index (χ1v) is 38.0. The van der Waals surface area contributed by atoms with Crippen LogP contribution in [0.25, 0.3) is 230 Å². The van der Waals surface area contributed by atoms with Gasteiger partial charge in [-0.3, -0.25) is 0 Å². The van der Waals surface area contributed by atoms with Crippen LogP contribution in [0.5, 0.6) is 0 Å². The Hall–Kier alpha value is -13.9. The Morgan fingerprint density at radius 1 is 0.185 bits per heavy atom. The molecule has 0 aliphatic heterocycles. The highest BCUT2D eigenvalue weighted by Crippen LogP contribution is 2.55. The predicted octanol–water partition coefficient (Wildman–Crippen LogP) is 26.3. The molecular weight excluding hydrogens is 1350 g/mol. The van der Waals surface area contributed by atoms with Crippen molar-refractivity contribution in [1.29, 1.82) is 0 Å². The first kappa shape index (κ1) is 60.5. The number of thiophene rings is 2. The third kappa shape index (κ3) is 9.34. The summed E-state index contributed by atoms with van der Waals surface area (Å²) in [4.78, 5) is 29.9. The number of nitrogens with zero attached hydrogens (tertiary/aromatic N) is 8. The van der Waals surface area contributed by atoms with E-state index in [0.717, 1.165) is 44.8 Å². The van der Waals surface area contributed by atoms with Crippen LogP contribution in [0.15, 0.2) is 340 Å². The second kappa shape index (κ2) is 23.8. The van der Waals surface area contributed by atoms with Crippen LogP contribution in [0.2, 0.25) is 0 Å². The summed E-state index contributed by atoms with van der Waals surface area (Å²) < 4.78 is 10.1. The monoisotopic (exact) mass is 1410 g/mol. The lowest BCUT2D eigenvalue weighted by Crippen LogP contribution is -2.01. The fourth-order valence-electron chi connectivity index (χ4n) is 17.2. The number of hydrogen-bond donors (Lipinski definition) is 0. The molecule has 0 atom stereocenters. The molecule has 0 saturated heterocycles. The van der Waals surface area contributed by atoms with Crippen molar-refractivity contribution in [2.45, 2.75) is 0 Å². The van der Waals surface area contributed by atoms with E-state index in [4.69, 9.17) is 29.9 Å². The van der Waals surface area contributed by atoms with Crippen LogP contribution in [-0.2, 0) is 0 Å². The third-order valence-electron chi connectivity index (χ3n) is 21.9. The van der Waals surface area contributed by atoms with Gasteiger partial charge in [0.2, 0.25) is 0 Å². The average Bonchev–Trinajstić information content (AvgIpc) is 1.54. The Balaban J connectivity index is 0.000000130. The van der Waals surface area contributed by atoms with Gasteiger partial charge in [-0.2, -0.15) is 0 Å². The minimum absolute atomic E-state index is 0.640. The van der Waals surface area contributed by atoms with Gasteiger partial charge in [-0.05, 0) is 163 Å². The molecule has 0 spiro atoms. The molecule has 0 fully saturated rings. The van der Waals surface area contributed by atoms with Crippen LogP contribution < -0.4 is 0 Å². The Bertz CT molecular complexity index is 7410. The van der Waals surface area contributed by atoms with Crippen molar-refractivity contribution in [2.24, 2.45) is 0 Å². The Morgan fingerprint density at radius 3 is 0.954 bits per heavy atom. The van der Waals surface area contributed by atoms with E-state index in [9.17, 15) is 0 Å². The predicted molar refractivity (Wildman–Crippen MR) is 451 cm³/mol. The molecule has 0 saturated carbocycles. The molecule has 0 bridgehead atoms. The fraction of sp³-hybridized carbons (Fsp3) is 0. The summed E-state index contributed by atoms with van der Waals surface area (Å²) in [6, 6.07) is 122. The van der Waals surface area contributed by atoms with E-state index in [1.54, 1.807) is 0 Å². The van der Waals surface area contributed by atoms with Gasteiger partial charge in [0.1, 0.15) is 0 Å². The van der Waals surface area contributed by atoms with Crippen LogP contribution in [0.4, 0.5) is 0 Å². The van der Waals surface area contributed by atoms with Crippen molar-refractivity contribution < 1.29 is 0 Å². The third-order valence-corrected chi connectivity index (χ3v) is 24.2. The molecule has 108 heavy (non-hydrogen) atoms. The normalized spacial score (nSPS) is 12.1. The van der Waals surface area contributed by atoms with E-state index >= 15 is 0 Å². The van der Waals surface area contributed by atoms with Gasteiger partial charge in [0.15, 0.2) is 34.9 Å². The Labute approximate surface area is 626 Å². The van der Waals surface area contributed by atoms with Crippen LogP contribution >= 0.6 is 22.7 Å². The number of hydrogen-bond acceptors (Lipinski definition) is 8. The van der Waals surface area contributed by atoms with Crippen LogP contribution in [-0.4, -0.2) is 39.0 Å². The van der Waals surface area contributed by atoms with Crippen molar-refractivity contribution in [3.05, 3.63) is 340 Å². The first-order valence-electron chi connectivity index (χ1n) is 36.4. The molecule has 0 unspecified atom stereocenters. The number of benzene rings is 16. The topological polar surface area (TPSA) is 87.2 Å².